The van der Waals surface area contributed by atoms with E-state index in [-0.39, 0.29) is 0 Å². The van der Waals surface area contributed by atoms with Crippen LogP contribution in [0.15, 0.2) is 46.9 Å². The molecule has 1 heterocycles. The highest BCUT2D eigenvalue weighted by Crippen LogP contribution is 2.13. The highest BCUT2D eigenvalue weighted by Gasteiger charge is 2.09. The summed E-state index contributed by atoms with van der Waals surface area (Å²) >= 11 is 0. The molecule has 2 aromatic rings. The van der Waals surface area contributed by atoms with E-state index in [2.05, 4.69) is 48.5 Å². The molecule has 0 aliphatic heterocycles. The van der Waals surface area contributed by atoms with Crippen LogP contribution in [0.25, 0.3) is 0 Å². The monoisotopic (exact) mass is 258 g/mol. The Morgan fingerprint density at radius 2 is 1.89 bits per heavy atom. The van der Waals surface area contributed by atoms with Crippen molar-refractivity contribution >= 4 is 5.69 Å². The molecule has 1 unspecified atom stereocenters. The number of hydrogen-bond donors (Lipinski definition) is 1. The van der Waals surface area contributed by atoms with Gasteiger partial charge in [-0.25, -0.2) is 0 Å². The molecule has 3 nitrogen and oxygen atoms in total. The quantitative estimate of drug-likeness (QED) is 0.862. The zero-order valence-corrected chi connectivity index (χ0v) is 11.9. The van der Waals surface area contributed by atoms with E-state index < -0.39 is 0 Å². The summed E-state index contributed by atoms with van der Waals surface area (Å²) in [4.78, 5) is 2.28. The van der Waals surface area contributed by atoms with Crippen LogP contribution in [0, 0.1) is 6.92 Å². The molecule has 0 amide bonds. The maximum absolute atomic E-state index is 5.53. The van der Waals surface area contributed by atoms with Crippen LogP contribution in [-0.2, 0) is 6.54 Å². The number of furan rings is 1. The van der Waals surface area contributed by atoms with Gasteiger partial charge in [0, 0.05) is 25.3 Å². The minimum atomic E-state index is 0.429. The van der Waals surface area contributed by atoms with Crippen LogP contribution in [0.5, 0.6) is 0 Å². The van der Waals surface area contributed by atoms with E-state index in [1.165, 1.54) is 5.69 Å². The molecule has 1 atom stereocenters. The summed E-state index contributed by atoms with van der Waals surface area (Å²) in [6.45, 7) is 5.88. The standard InChI is InChI=1S/C16H22N2O/c1-13(18(3)15-7-5-4-6-8-15)11-17-12-16-10-9-14(2)19-16/h4-10,13,17H,11-12H2,1-3H3. The van der Waals surface area contributed by atoms with E-state index in [4.69, 9.17) is 4.42 Å². The van der Waals surface area contributed by atoms with Gasteiger partial charge in [-0.15, -0.1) is 0 Å². The Labute approximate surface area is 115 Å². The molecule has 0 spiro atoms. The molecule has 1 aromatic carbocycles. The molecule has 102 valence electrons. The second-order valence-corrected chi connectivity index (χ2v) is 4.94. The van der Waals surface area contributed by atoms with E-state index in [9.17, 15) is 0 Å². The molecule has 0 aliphatic rings. The Morgan fingerprint density at radius 3 is 2.53 bits per heavy atom. The largest absolute Gasteiger partial charge is 0.465 e. The molecule has 0 fully saturated rings. The summed E-state index contributed by atoms with van der Waals surface area (Å²) in [6.07, 6.45) is 0. The molecular formula is C16H22N2O. The van der Waals surface area contributed by atoms with E-state index in [0.717, 1.165) is 24.6 Å². The van der Waals surface area contributed by atoms with Crippen molar-refractivity contribution in [1.82, 2.24) is 5.32 Å². The Balaban J connectivity index is 1.79. The number of nitrogens with zero attached hydrogens (tertiary/aromatic N) is 1. The Bertz CT molecular complexity index is 492. The van der Waals surface area contributed by atoms with Crippen LogP contribution in [0.4, 0.5) is 5.69 Å². The predicted octanol–water partition coefficient (Wildman–Crippen LogP) is 3.20. The van der Waals surface area contributed by atoms with Gasteiger partial charge in [0.2, 0.25) is 0 Å². The highest BCUT2D eigenvalue weighted by molar-refractivity contribution is 5.45. The van der Waals surface area contributed by atoms with Gasteiger partial charge in [-0.1, -0.05) is 18.2 Å². The summed E-state index contributed by atoms with van der Waals surface area (Å²) in [6, 6.07) is 14.9. The van der Waals surface area contributed by atoms with Crippen LogP contribution >= 0.6 is 0 Å². The van der Waals surface area contributed by atoms with Crippen molar-refractivity contribution in [3.63, 3.8) is 0 Å². The smallest absolute Gasteiger partial charge is 0.117 e. The Hall–Kier alpha value is -1.74. The highest BCUT2D eigenvalue weighted by atomic mass is 16.3. The van der Waals surface area contributed by atoms with Gasteiger partial charge in [0.15, 0.2) is 0 Å². The van der Waals surface area contributed by atoms with Gasteiger partial charge in [0.05, 0.1) is 6.54 Å². The number of likely N-dealkylation sites (N-methyl/N-ethyl adjacent to an activating group) is 1. The lowest BCUT2D eigenvalue weighted by Gasteiger charge is -2.27. The first-order valence-electron chi connectivity index (χ1n) is 6.70. The zero-order valence-electron chi connectivity index (χ0n) is 11.9. The lowest BCUT2D eigenvalue weighted by atomic mass is 10.2. The number of anilines is 1. The average Bonchev–Trinajstić information content (AvgIpc) is 2.84. The van der Waals surface area contributed by atoms with Gasteiger partial charge < -0.3 is 14.6 Å². The fourth-order valence-electron chi connectivity index (χ4n) is 2.04. The fraction of sp³-hybridized carbons (Fsp3) is 0.375. The van der Waals surface area contributed by atoms with Crippen LogP contribution in [0.3, 0.4) is 0 Å². The average molecular weight is 258 g/mol. The summed E-state index contributed by atoms with van der Waals surface area (Å²) in [5.41, 5.74) is 1.24. The van der Waals surface area contributed by atoms with Crippen molar-refractivity contribution in [3.8, 4) is 0 Å². The lowest BCUT2D eigenvalue weighted by molar-refractivity contribution is 0.455. The minimum absolute atomic E-state index is 0.429. The van der Waals surface area contributed by atoms with Gasteiger partial charge in [-0.05, 0) is 38.1 Å². The van der Waals surface area contributed by atoms with Crippen molar-refractivity contribution < 1.29 is 4.42 Å². The third-order valence-corrected chi connectivity index (χ3v) is 3.36. The lowest BCUT2D eigenvalue weighted by Crippen LogP contribution is -2.37. The summed E-state index contributed by atoms with van der Waals surface area (Å²) in [5, 5.41) is 3.43. The first-order chi connectivity index (χ1) is 9.16. The minimum Gasteiger partial charge on any atom is -0.465 e. The molecule has 0 saturated carbocycles. The Morgan fingerprint density at radius 1 is 1.16 bits per heavy atom. The molecule has 1 N–H and O–H groups in total. The van der Waals surface area contributed by atoms with Gasteiger partial charge in [0.1, 0.15) is 11.5 Å². The molecular weight excluding hydrogens is 236 g/mol. The molecule has 2 rings (SSSR count). The predicted molar refractivity (Wildman–Crippen MR) is 79.5 cm³/mol. The van der Waals surface area contributed by atoms with Crippen molar-refractivity contribution in [1.29, 1.82) is 0 Å². The van der Waals surface area contributed by atoms with E-state index in [1.807, 2.05) is 25.1 Å². The van der Waals surface area contributed by atoms with Crippen molar-refractivity contribution in [2.24, 2.45) is 0 Å². The number of nitrogens with one attached hydrogen (secondary N) is 1. The third-order valence-electron chi connectivity index (χ3n) is 3.36. The maximum Gasteiger partial charge on any atom is 0.117 e. The third kappa shape index (κ3) is 3.86. The molecule has 0 radical (unpaired) electrons. The first-order valence-corrected chi connectivity index (χ1v) is 6.70. The van der Waals surface area contributed by atoms with Gasteiger partial charge >= 0.3 is 0 Å². The normalized spacial score (nSPS) is 12.4. The first kappa shape index (κ1) is 13.7. The van der Waals surface area contributed by atoms with E-state index in [0.29, 0.717) is 6.04 Å². The van der Waals surface area contributed by atoms with Crippen LogP contribution < -0.4 is 10.2 Å². The summed E-state index contributed by atoms with van der Waals surface area (Å²) < 4.78 is 5.53. The molecule has 0 bridgehead atoms. The van der Waals surface area contributed by atoms with E-state index in [1.54, 1.807) is 0 Å². The molecule has 0 aliphatic carbocycles. The summed E-state index contributed by atoms with van der Waals surface area (Å²) in [5.74, 6) is 1.96. The Kier molecular flexibility index (Phi) is 4.63. The fourth-order valence-corrected chi connectivity index (χ4v) is 2.04. The number of rotatable bonds is 6. The van der Waals surface area contributed by atoms with Crippen molar-refractivity contribution in [2.45, 2.75) is 26.4 Å². The van der Waals surface area contributed by atoms with Crippen LogP contribution in [-0.4, -0.2) is 19.6 Å². The second kappa shape index (κ2) is 6.43. The van der Waals surface area contributed by atoms with Crippen LogP contribution in [0.2, 0.25) is 0 Å². The SMILES string of the molecule is Cc1ccc(CNCC(C)N(C)c2ccccc2)o1. The summed E-state index contributed by atoms with van der Waals surface area (Å²) in [7, 11) is 2.12. The molecule has 1 aromatic heterocycles. The zero-order chi connectivity index (χ0) is 13.7. The number of para-hydroxylation sites is 1. The van der Waals surface area contributed by atoms with Gasteiger partial charge in [-0.3, -0.25) is 0 Å². The molecule has 19 heavy (non-hydrogen) atoms. The second-order valence-electron chi connectivity index (χ2n) is 4.94. The van der Waals surface area contributed by atoms with Gasteiger partial charge in [0.25, 0.3) is 0 Å². The van der Waals surface area contributed by atoms with Gasteiger partial charge in [-0.2, -0.15) is 0 Å². The maximum atomic E-state index is 5.53. The number of hydrogen-bond acceptors (Lipinski definition) is 3. The molecule has 0 saturated heterocycles. The van der Waals surface area contributed by atoms with Crippen molar-refractivity contribution in [2.75, 3.05) is 18.5 Å². The topological polar surface area (TPSA) is 28.4 Å². The number of aryl methyl sites for hydroxylation is 1. The van der Waals surface area contributed by atoms with E-state index >= 15 is 0 Å². The van der Waals surface area contributed by atoms with Crippen molar-refractivity contribution in [3.05, 3.63) is 54.0 Å². The molecule has 3 heteroatoms. The number of benzene rings is 1. The van der Waals surface area contributed by atoms with Crippen LogP contribution in [0.1, 0.15) is 18.4 Å².